The highest BCUT2D eigenvalue weighted by Gasteiger charge is 1.94. The van der Waals surface area contributed by atoms with Crippen molar-refractivity contribution in [1.82, 2.24) is 0 Å². The summed E-state index contributed by atoms with van der Waals surface area (Å²) in [7, 11) is 0. The lowest BCUT2D eigenvalue weighted by atomic mass is 10.0. The Morgan fingerprint density at radius 3 is 2.00 bits per heavy atom. The highest BCUT2D eigenvalue weighted by Crippen LogP contribution is 2.11. The summed E-state index contributed by atoms with van der Waals surface area (Å²) >= 11 is -1.83. The third-order valence-corrected chi connectivity index (χ3v) is 2.96. The molecule has 3 heteroatoms. The molecule has 0 aliphatic carbocycles. The van der Waals surface area contributed by atoms with Crippen LogP contribution in [-0.4, -0.2) is 14.5 Å². The Kier molecular flexibility index (Phi) is 9.73. The molecule has 0 aromatic carbocycles. The molecule has 1 unspecified atom stereocenters. The molecule has 2 nitrogen and oxygen atoms in total. The minimum Gasteiger partial charge on any atom is -0.772 e. The van der Waals surface area contributed by atoms with Crippen LogP contribution in [0.25, 0.3) is 0 Å². The first kappa shape index (κ1) is 14.1. The van der Waals surface area contributed by atoms with Crippen LogP contribution >= 0.6 is 0 Å². The normalized spacial score (nSPS) is 13.4. The second kappa shape index (κ2) is 9.66. The molecule has 0 fully saturated rings. The maximum atomic E-state index is 10.2. The van der Waals surface area contributed by atoms with E-state index in [1.165, 1.54) is 32.1 Å². The lowest BCUT2D eigenvalue weighted by Gasteiger charge is -2.05. The van der Waals surface area contributed by atoms with Crippen LogP contribution < -0.4 is 0 Å². The molecule has 0 N–H and O–H groups in total. The molecule has 0 aliphatic heterocycles. The van der Waals surface area contributed by atoms with Crippen LogP contribution in [0.2, 0.25) is 0 Å². The van der Waals surface area contributed by atoms with Gasteiger partial charge in [-0.1, -0.05) is 63.5 Å². The van der Waals surface area contributed by atoms with Crippen LogP contribution in [0, 0.1) is 5.92 Å². The summed E-state index contributed by atoms with van der Waals surface area (Å²) in [5, 5.41) is 0. The van der Waals surface area contributed by atoms with E-state index in [1.807, 2.05) is 0 Å². The average molecular weight is 219 g/mol. The summed E-state index contributed by atoms with van der Waals surface area (Å²) in [6.45, 7) is 4.51. The van der Waals surface area contributed by atoms with Crippen molar-refractivity contribution in [2.24, 2.45) is 5.92 Å². The molecule has 0 spiro atoms. The van der Waals surface area contributed by atoms with Gasteiger partial charge in [-0.05, 0) is 12.3 Å². The Morgan fingerprint density at radius 1 is 1.00 bits per heavy atom. The van der Waals surface area contributed by atoms with Gasteiger partial charge in [-0.15, -0.1) is 0 Å². The van der Waals surface area contributed by atoms with Crippen LogP contribution in [-0.2, 0) is 11.1 Å². The summed E-state index contributed by atoms with van der Waals surface area (Å²) in [6, 6.07) is 0. The molecule has 0 saturated heterocycles. The van der Waals surface area contributed by atoms with Crippen molar-refractivity contribution < 1.29 is 8.76 Å². The minimum atomic E-state index is -1.83. The van der Waals surface area contributed by atoms with Gasteiger partial charge in [0.25, 0.3) is 0 Å². The van der Waals surface area contributed by atoms with Gasteiger partial charge in [-0.25, -0.2) is 0 Å². The van der Waals surface area contributed by atoms with E-state index in [-0.39, 0.29) is 0 Å². The Bertz CT molecular complexity index is 146. The van der Waals surface area contributed by atoms with Gasteiger partial charge in [0.2, 0.25) is 0 Å². The van der Waals surface area contributed by atoms with E-state index in [1.54, 1.807) is 0 Å². The van der Waals surface area contributed by atoms with E-state index < -0.39 is 11.1 Å². The molecule has 0 radical (unpaired) electrons. The molecular formula is C11H23O2S-. The quantitative estimate of drug-likeness (QED) is 0.441. The van der Waals surface area contributed by atoms with E-state index in [0.717, 1.165) is 18.8 Å². The number of hydrogen-bond donors (Lipinski definition) is 0. The third-order valence-electron chi connectivity index (χ3n) is 2.34. The predicted octanol–water partition coefficient (Wildman–Crippen LogP) is 3.25. The highest BCUT2D eigenvalue weighted by molar-refractivity contribution is 7.79. The van der Waals surface area contributed by atoms with Crippen molar-refractivity contribution in [3.63, 3.8) is 0 Å². The van der Waals surface area contributed by atoms with Crippen LogP contribution in [0.3, 0.4) is 0 Å². The topological polar surface area (TPSA) is 40.1 Å². The van der Waals surface area contributed by atoms with Gasteiger partial charge in [0.15, 0.2) is 0 Å². The fourth-order valence-electron chi connectivity index (χ4n) is 1.48. The SMILES string of the molecule is CC(C)CCCCCCCCS(=O)[O-]. The van der Waals surface area contributed by atoms with Crippen molar-refractivity contribution >= 4 is 11.1 Å². The summed E-state index contributed by atoms with van der Waals surface area (Å²) in [5.41, 5.74) is 0. The van der Waals surface area contributed by atoms with E-state index in [9.17, 15) is 8.76 Å². The Labute approximate surface area is 90.8 Å². The molecule has 1 atom stereocenters. The molecular weight excluding hydrogens is 196 g/mol. The fourth-order valence-corrected chi connectivity index (χ4v) is 1.92. The number of hydrogen-bond acceptors (Lipinski definition) is 2. The van der Waals surface area contributed by atoms with Crippen LogP contribution in [0.1, 0.15) is 58.8 Å². The second-order valence-corrected chi connectivity index (χ2v) is 5.33. The zero-order valence-electron chi connectivity index (χ0n) is 9.46. The average Bonchev–Trinajstić information content (AvgIpc) is 2.08. The molecule has 0 saturated carbocycles. The van der Waals surface area contributed by atoms with Crippen molar-refractivity contribution in [3.8, 4) is 0 Å². The van der Waals surface area contributed by atoms with Crippen LogP contribution in [0.5, 0.6) is 0 Å². The molecule has 0 aromatic rings. The van der Waals surface area contributed by atoms with E-state index in [4.69, 9.17) is 0 Å². The molecule has 0 heterocycles. The summed E-state index contributed by atoms with van der Waals surface area (Å²) < 4.78 is 20.4. The van der Waals surface area contributed by atoms with Crippen molar-refractivity contribution in [2.75, 3.05) is 5.75 Å². The Hall–Kier alpha value is 0.110. The van der Waals surface area contributed by atoms with Gasteiger partial charge < -0.3 is 4.55 Å². The predicted molar refractivity (Wildman–Crippen MR) is 60.9 cm³/mol. The van der Waals surface area contributed by atoms with Crippen molar-refractivity contribution in [1.29, 1.82) is 0 Å². The van der Waals surface area contributed by atoms with E-state index in [2.05, 4.69) is 13.8 Å². The molecule has 86 valence electrons. The standard InChI is InChI=1S/C11H24O2S/c1-11(2)9-7-5-3-4-6-8-10-14(12)13/h11H,3-10H2,1-2H3,(H,12,13)/p-1. The molecule has 0 bridgehead atoms. The van der Waals surface area contributed by atoms with Crippen molar-refractivity contribution in [2.45, 2.75) is 58.8 Å². The number of rotatable bonds is 9. The van der Waals surface area contributed by atoms with E-state index >= 15 is 0 Å². The summed E-state index contributed by atoms with van der Waals surface area (Å²) in [4.78, 5) is 0. The van der Waals surface area contributed by atoms with Crippen molar-refractivity contribution in [3.05, 3.63) is 0 Å². The van der Waals surface area contributed by atoms with Gasteiger partial charge in [-0.3, -0.25) is 4.21 Å². The molecule has 0 aromatic heterocycles. The first-order valence-corrected chi connectivity index (χ1v) is 6.93. The van der Waals surface area contributed by atoms with Gasteiger partial charge >= 0.3 is 0 Å². The van der Waals surface area contributed by atoms with Gasteiger partial charge in [0, 0.05) is 5.75 Å². The summed E-state index contributed by atoms with van der Waals surface area (Å²) in [5.74, 6) is 1.16. The lowest BCUT2D eigenvalue weighted by molar-refractivity contribution is 0.510. The van der Waals surface area contributed by atoms with Gasteiger partial charge in [0.05, 0.1) is 0 Å². The van der Waals surface area contributed by atoms with Gasteiger partial charge in [0.1, 0.15) is 0 Å². The largest absolute Gasteiger partial charge is 0.772 e. The maximum absolute atomic E-state index is 10.2. The molecule has 0 amide bonds. The Morgan fingerprint density at radius 2 is 1.50 bits per heavy atom. The fraction of sp³-hybridized carbons (Fsp3) is 1.00. The third kappa shape index (κ3) is 12.1. The van der Waals surface area contributed by atoms with Crippen LogP contribution in [0.4, 0.5) is 0 Å². The minimum absolute atomic E-state index is 0.339. The van der Waals surface area contributed by atoms with E-state index in [0.29, 0.717) is 5.75 Å². The van der Waals surface area contributed by atoms with Crippen LogP contribution in [0.15, 0.2) is 0 Å². The zero-order chi connectivity index (χ0) is 10.8. The molecule has 0 rings (SSSR count). The lowest BCUT2D eigenvalue weighted by Crippen LogP contribution is -1.94. The maximum Gasteiger partial charge on any atom is 0.0102 e. The number of unbranched alkanes of at least 4 members (excludes halogenated alkanes) is 5. The monoisotopic (exact) mass is 219 g/mol. The first-order chi connectivity index (χ1) is 6.63. The second-order valence-electron chi connectivity index (χ2n) is 4.31. The zero-order valence-corrected chi connectivity index (χ0v) is 10.3. The smallest absolute Gasteiger partial charge is 0.0102 e. The Balaban J connectivity index is 2.96. The molecule has 14 heavy (non-hydrogen) atoms. The highest BCUT2D eigenvalue weighted by atomic mass is 32.2. The molecule has 0 aliphatic rings. The summed E-state index contributed by atoms with van der Waals surface area (Å²) in [6.07, 6.45) is 8.30. The first-order valence-electron chi connectivity index (χ1n) is 5.68. The van der Waals surface area contributed by atoms with Gasteiger partial charge in [-0.2, -0.15) is 0 Å².